The summed E-state index contributed by atoms with van der Waals surface area (Å²) in [5.74, 6) is 0.441. The Bertz CT molecular complexity index is 295. The highest BCUT2D eigenvalue weighted by Crippen LogP contribution is 2.11. The van der Waals surface area contributed by atoms with Gasteiger partial charge in [-0.3, -0.25) is 9.78 Å². The van der Waals surface area contributed by atoms with Gasteiger partial charge in [-0.25, -0.2) is 0 Å². The summed E-state index contributed by atoms with van der Waals surface area (Å²) in [6, 6.07) is 3.63. The van der Waals surface area contributed by atoms with Crippen LogP contribution in [0.5, 0.6) is 0 Å². The fourth-order valence-electron chi connectivity index (χ4n) is 1.37. The summed E-state index contributed by atoms with van der Waals surface area (Å²) < 4.78 is 0. The predicted molar refractivity (Wildman–Crippen MR) is 57.2 cm³/mol. The average Bonchev–Trinajstić information content (AvgIpc) is 2.15. The minimum absolute atomic E-state index is 0.126. The average molecular weight is 192 g/mol. The molecule has 0 aromatic carbocycles. The molecule has 0 spiro atoms. The van der Waals surface area contributed by atoms with Crippen molar-refractivity contribution >= 4 is 11.5 Å². The lowest BCUT2D eigenvalue weighted by molar-refractivity contribution is -0.118. The Morgan fingerprint density at radius 3 is 2.64 bits per heavy atom. The number of Topliss-reactive ketones (excluding diaryl/α,β-unsaturated/α-hetero) is 1. The van der Waals surface area contributed by atoms with E-state index < -0.39 is 0 Å². The first-order chi connectivity index (χ1) is 6.61. The molecule has 3 nitrogen and oxygen atoms in total. The molecule has 14 heavy (non-hydrogen) atoms. The van der Waals surface area contributed by atoms with Crippen LogP contribution in [0.2, 0.25) is 0 Å². The van der Waals surface area contributed by atoms with Gasteiger partial charge in [-0.05, 0) is 25.0 Å². The number of pyridine rings is 1. The third-order valence-corrected chi connectivity index (χ3v) is 2.09. The van der Waals surface area contributed by atoms with Crippen LogP contribution in [0.25, 0.3) is 0 Å². The van der Waals surface area contributed by atoms with Gasteiger partial charge in [0.15, 0.2) is 5.78 Å². The number of carbonyl (C=O) groups excluding carboxylic acids is 1. The van der Waals surface area contributed by atoms with Crippen LogP contribution in [-0.2, 0) is 4.79 Å². The number of anilines is 1. The van der Waals surface area contributed by atoms with Crippen LogP contribution < -0.4 is 5.32 Å². The van der Waals surface area contributed by atoms with Crippen LogP contribution >= 0.6 is 0 Å². The third-order valence-electron chi connectivity index (χ3n) is 2.09. The van der Waals surface area contributed by atoms with Crippen molar-refractivity contribution in [2.75, 3.05) is 5.32 Å². The predicted octanol–water partition coefficient (Wildman–Crippen LogP) is 2.11. The number of hydrogen-bond donors (Lipinski definition) is 1. The van der Waals surface area contributed by atoms with E-state index in [1.165, 1.54) is 0 Å². The Kier molecular flexibility index (Phi) is 3.63. The van der Waals surface area contributed by atoms with Crippen molar-refractivity contribution in [1.29, 1.82) is 0 Å². The summed E-state index contributed by atoms with van der Waals surface area (Å²) in [4.78, 5) is 15.3. The van der Waals surface area contributed by atoms with E-state index in [1.54, 1.807) is 19.3 Å². The zero-order chi connectivity index (χ0) is 10.6. The zero-order valence-corrected chi connectivity index (χ0v) is 8.82. The van der Waals surface area contributed by atoms with Gasteiger partial charge in [0.1, 0.15) is 0 Å². The largest absolute Gasteiger partial charge is 0.374 e. The summed E-state index contributed by atoms with van der Waals surface area (Å²) in [6.07, 6.45) is 3.43. The van der Waals surface area contributed by atoms with Crippen molar-refractivity contribution in [1.82, 2.24) is 4.98 Å². The molecule has 1 heterocycles. The Hall–Kier alpha value is -1.38. The SMILES string of the molecule is CC(=O)[C@@H](Nc1cccnc1)C(C)C. The molecule has 0 bridgehead atoms. The molecule has 1 aromatic heterocycles. The Labute approximate surface area is 84.6 Å². The first-order valence-electron chi connectivity index (χ1n) is 4.78. The Morgan fingerprint density at radius 1 is 1.50 bits per heavy atom. The number of nitrogens with one attached hydrogen (secondary N) is 1. The zero-order valence-electron chi connectivity index (χ0n) is 8.82. The molecule has 1 aromatic rings. The van der Waals surface area contributed by atoms with Crippen molar-refractivity contribution in [3.63, 3.8) is 0 Å². The van der Waals surface area contributed by atoms with Crippen LogP contribution in [0, 0.1) is 5.92 Å². The molecule has 0 aliphatic carbocycles. The van der Waals surface area contributed by atoms with Gasteiger partial charge >= 0.3 is 0 Å². The van der Waals surface area contributed by atoms with Crippen molar-refractivity contribution in [3.8, 4) is 0 Å². The highest BCUT2D eigenvalue weighted by atomic mass is 16.1. The van der Waals surface area contributed by atoms with Crippen LogP contribution in [0.15, 0.2) is 24.5 Å². The molecule has 0 aliphatic rings. The number of carbonyl (C=O) groups is 1. The maximum Gasteiger partial charge on any atom is 0.152 e. The number of rotatable bonds is 4. The molecule has 0 radical (unpaired) electrons. The second-order valence-electron chi connectivity index (χ2n) is 3.72. The maximum absolute atomic E-state index is 11.3. The van der Waals surface area contributed by atoms with Gasteiger partial charge in [-0.2, -0.15) is 0 Å². The van der Waals surface area contributed by atoms with Gasteiger partial charge < -0.3 is 5.32 Å². The van der Waals surface area contributed by atoms with E-state index >= 15 is 0 Å². The minimum Gasteiger partial charge on any atom is -0.374 e. The lowest BCUT2D eigenvalue weighted by atomic mass is 10.0. The number of nitrogens with zero attached hydrogens (tertiary/aromatic N) is 1. The van der Waals surface area contributed by atoms with Gasteiger partial charge in [0.25, 0.3) is 0 Å². The van der Waals surface area contributed by atoms with E-state index in [1.807, 2.05) is 26.0 Å². The van der Waals surface area contributed by atoms with Gasteiger partial charge in [0.05, 0.1) is 11.7 Å². The fourth-order valence-corrected chi connectivity index (χ4v) is 1.37. The fraction of sp³-hybridized carbons (Fsp3) is 0.455. The van der Waals surface area contributed by atoms with Crippen molar-refractivity contribution in [3.05, 3.63) is 24.5 Å². The normalized spacial score (nSPS) is 12.6. The van der Waals surface area contributed by atoms with Gasteiger partial charge in [-0.15, -0.1) is 0 Å². The molecule has 0 saturated carbocycles. The van der Waals surface area contributed by atoms with E-state index in [2.05, 4.69) is 10.3 Å². The Morgan fingerprint density at radius 2 is 2.21 bits per heavy atom. The lowest BCUT2D eigenvalue weighted by Crippen LogP contribution is -2.32. The van der Waals surface area contributed by atoms with E-state index in [4.69, 9.17) is 0 Å². The lowest BCUT2D eigenvalue weighted by Gasteiger charge is -2.20. The molecule has 1 N–H and O–H groups in total. The monoisotopic (exact) mass is 192 g/mol. The number of hydrogen-bond acceptors (Lipinski definition) is 3. The molecule has 3 heteroatoms. The van der Waals surface area contributed by atoms with E-state index in [0.717, 1.165) is 5.69 Å². The molecular formula is C11H16N2O. The van der Waals surface area contributed by atoms with Crippen LogP contribution in [0.4, 0.5) is 5.69 Å². The topological polar surface area (TPSA) is 42.0 Å². The van der Waals surface area contributed by atoms with Crippen LogP contribution in [0.1, 0.15) is 20.8 Å². The number of ketones is 1. The second kappa shape index (κ2) is 4.74. The van der Waals surface area contributed by atoms with Crippen LogP contribution in [0.3, 0.4) is 0 Å². The minimum atomic E-state index is -0.126. The van der Waals surface area contributed by atoms with Gasteiger partial charge in [-0.1, -0.05) is 13.8 Å². The van der Waals surface area contributed by atoms with Crippen molar-refractivity contribution in [2.24, 2.45) is 5.92 Å². The van der Waals surface area contributed by atoms with E-state index in [-0.39, 0.29) is 17.7 Å². The van der Waals surface area contributed by atoms with Crippen molar-refractivity contribution < 1.29 is 4.79 Å². The first-order valence-corrected chi connectivity index (χ1v) is 4.78. The summed E-state index contributed by atoms with van der Waals surface area (Å²) in [5, 5.41) is 3.17. The molecule has 1 atom stereocenters. The van der Waals surface area contributed by atoms with Crippen molar-refractivity contribution in [2.45, 2.75) is 26.8 Å². The smallest absolute Gasteiger partial charge is 0.152 e. The second-order valence-corrected chi connectivity index (χ2v) is 3.72. The van der Waals surface area contributed by atoms with Gasteiger partial charge in [0, 0.05) is 12.4 Å². The van der Waals surface area contributed by atoms with E-state index in [0.29, 0.717) is 0 Å². The highest BCUT2D eigenvalue weighted by Gasteiger charge is 2.17. The summed E-state index contributed by atoms with van der Waals surface area (Å²) >= 11 is 0. The standard InChI is InChI=1S/C11H16N2O/c1-8(2)11(9(3)14)13-10-5-4-6-12-7-10/h4-8,11,13H,1-3H3/t11-/m0/s1. The molecule has 1 rings (SSSR count). The number of aromatic nitrogens is 1. The van der Waals surface area contributed by atoms with Gasteiger partial charge in [0.2, 0.25) is 0 Å². The first kappa shape index (κ1) is 10.7. The summed E-state index contributed by atoms with van der Waals surface area (Å²) in [7, 11) is 0. The molecule has 0 unspecified atom stereocenters. The molecular weight excluding hydrogens is 176 g/mol. The molecule has 76 valence electrons. The summed E-state index contributed by atoms with van der Waals surface area (Å²) in [6.45, 7) is 5.65. The Balaban J connectivity index is 2.70. The van der Waals surface area contributed by atoms with Crippen LogP contribution in [-0.4, -0.2) is 16.8 Å². The maximum atomic E-state index is 11.3. The highest BCUT2D eigenvalue weighted by molar-refractivity contribution is 5.84. The molecule has 0 amide bonds. The van der Waals surface area contributed by atoms with E-state index in [9.17, 15) is 4.79 Å². The third kappa shape index (κ3) is 2.83. The quantitative estimate of drug-likeness (QED) is 0.794. The summed E-state index contributed by atoms with van der Waals surface area (Å²) in [5.41, 5.74) is 0.890. The molecule has 0 aliphatic heterocycles. The molecule has 0 fully saturated rings. The molecule has 0 saturated heterocycles.